The first-order chi connectivity index (χ1) is 8.34. The van der Waals surface area contributed by atoms with Crippen molar-refractivity contribution in [2.45, 2.75) is 25.9 Å². The average Bonchev–Trinajstić information content (AvgIpc) is 2.27. The first-order valence-electron chi connectivity index (χ1n) is 5.36. The average molecular weight is 264 g/mol. The van der Waals surface area contributed by atoms with Crippen molar-refractivity contribution in [3.05, 3.63) is 29.6 Å². The molecule has 0 aliphatic heterocycles. The Morgan fingerprint density at radius 1 is 1.33 bits per heavy atom. The molecule has 6 heteroatoms. The fourth-order valence-electron chi connectivity index (χ4n) is 1.33. The first-order valence-corrected chi connectivity index (χ1v) is 5.36. The molecule has 0 amide bonds. The Morgan fingerprint density at radius 3 is 2.56 bits per heavy atom. The Hall–Kier alpha value is -1.59. The summed E-state index contributed by atoms with van der Waals surface area (Å²) in [5.41, 5.74) is -1.40. The molecular formula is C12H12F4O2. The molecule has 0 atom stereocenters. The van der Waals surface area contributed by atoms with Crippen LogP contribution < -0.4 is 4.74 Å². The quantitative estimate of drug-likeness (QED) is 0.760. The van der Waals surface area contributed by atoms with Crippen LogP contribution in [-0.2, 0) is 11.0 Å². The Labute approximate surface area is 102 Å². The molecule has 0 N–H and O–H groups in total. The minimum Gasteiger partial charge on any atom is -0.486 e. The molecule has 0 fully saturated rings. The highest BCUT2D eigenvalue weighted by atomic mass is 19.4. The third-order valence-electron chi connectivity index (χ3n) is 2.17. The van der Waals surface area contributed by atoms with Gasteiger partial charge in [0.2, 0.25) is 0 Å². The van der Waals surface area contributed by atoms with Gasteiger partial charge < -0.3 is 4.74 Å². The van der Waals surface area contributed by atoms with Gasteiger partial charge in [-0.05, 0) is 24.6 Å². The number of benzene rings is 1. The summed E-state index contributed by atoms with van der Waals surface area (Å²) in [4.78, 5) is 11.1. The second-order valence-corrected chi connectivity index (χ2v) is 3.72. The van der Waals surface area contributed by atoms with Gasteiger partial charge in [-0.25, -0.2) is 4.39 Å². The minimum atomic E-state index is -4.78. The van der Waals surface area contributed by atoms with Crippen molar-refractivity contribution in [3.8, 4) is 5.75 Å². The molecule has 0 spiro atoms. The van der Waals surface area contributed by atoms with Gasteiger partial charge in [0.25, 0.3) is 0 Å². The van der Waals surface area contributed by atoms with Crippen molar-refractivity contribution in [2.24, 2.45) is 0 Å². The highest BCUT2D eigenvalue weighted by molar-refractivity contribution is 5.79. The zero-order valence-electron chi connectivity index (χ0n) is 9.68. The molecule has 1 aromatic rings. The van der Waals surface area contributed by atoms with E-state index in [2.05, 4.69) is 0 Å². The monoisotopic (exact) mass is 264 g/mol. The first kappa shape index (κ1) is 14.5. The van der Waals surface area contributed by atoms with Gasteiger partial charge in [-0.3, -0.25) is 4.79 Å². The van der Waals surface area contributed by atoms with E-state index in [4.69, 9.17) is 4.74 Å². The van der Waals surface area contributed by atoms with Crippen LogP contribution in [0.15, 0.2) is 18.2 Å². The van der Waals surface area contributed by atoms with Crippen LogP contribution in [0.25, 0.3) is 0 Å². The van der Waals surface area contributed by atoms with Crippen LogP contribution in [-0.4, -0.2) is 12.4 Å². The minimum absolute atomic E-state index is 0.173. The summed E-state index contributed by atoms with van der Waals surface area (Å²) in [6.45, 7) is 1.49. The van der Waals surface area contributed by atoms with Crippen LogP contribution in [0, 0.1) is 5.82 Å². The SMILES string of the molecule is CCCC(=O)COc1ccc(F)c(C(F)(F)F)c1. The third-order valence-corrected chi connectivity index (χ3v) is 2.17. The van der Waals surface area contributed by atoms with E-state index in [1.807, 2.05) is 0 Å². The van der Waals surface area contributed by atoms with Crippen LogP contribution in [0.1, 0.15) is 25.3 Å². The van der Waals surface area contributed by atoms with E-state index in [0.29, 0.717) is 25.0 Å². The second kappa shape index (κ2) is 5.84. The summed E-state index contributed by atoms with van der Waals surface area (Å²) < 4.78 is 55.0. The molecular weight excluding hydrogens is 252 g/mol. The predicted molar refractivity (Wildman–Crippen MR) is 56.8 cm³/mol. The van der Waals surface area contributed by atoms with Gasteiger partial charge >= 0.3 is 6.18 Å². The van der Waals surface area contributed by atoms with Gasteiger partial charge in [-0.1, -0.05) is 6.92 Å². The van der Waals surface area contributed by atoms with Crippen molar-refractivity contribution >= 4 is 5.78 Å². The Morgan fingerprint density at radius 2 is 2.00 bits per heavy atom. The number of halogens is 4. The van der Waals surface area contributed by atoms with Crippen molar-refractivity contribution in [1.29, 1.82) is 0 Å². The Bertz CT molecular complexity index is 427. The van der Waals surface area contributed by atoms with Gasteiger partial charge in [0.15, 0.2) is 5.78 Å². The van der Waals surface area contributed by atoms with Gasteiger partial charge in [0.1, 0.15) is 18.2 Å². The lowest BCUT2D eigenvalue weighted by molar-refractivity contribution is -0.140. The maximum absolute atomic E-state index is 12.9. The molecule has 100 valence electrons. The van der Waals surface area contributed by atoms with Gasteiger partial charge in [-0.2, -0.15) is 13.2 Å². The largest absolute Gasteiger partial charge is 0.486 e. The number of Topliss-reactive ketones (excluding diaryl/α,β-unsaturated/α-hetero) is 1. The van der Waals surface area contributed by atoms with E-state index in [0.717, 1.165) is 6.07 Å². The number of carbonyl (C=O) groups is 1. The van der Waals surface area contributed by atoms with Gasteiger partial charge in [0, 0.05) is 6.42 Å². The Balaban J connectivity index is 2.77. The van der Waals surface area contributed by atoms with Crippen molar-refractivity contribution in [3.63, 3.8) is 0 Å². The predicted octanol–water partition coefficient (Wildman–Crippen LogP) is 3.59. The molecule has 2 nitrogen and oxygen atoms in total. The van der Waals surface area contributed by atoms with Gasteiger partial charge in [0.05, 0.1) is 5.56 Å². The molecule has 1 rings (SSSR count). The fraction of sp³-hybridized carbons (Fsp3) is 0.417. The molecule has 0 saturated carbocycles. The maximum atomic E-state index is 12.9. The van der Waals surface area contributed by atoms with Crippen LogP contribution in [0.5, 0.6) is 5.75 Å². The summed E-state index contributed by atoms with van der Waals surface area (Å²) in [6.07, 6.45) is -3.84. The Kier molecular flexibility index (Phi) is 4.69. The highest BCUT2D eigenvalue weighted by Crippen LogP contribution is 2.33. The lowest BCUT2D eigenvalue weighted by Crippen LogP contribution is -2.12. The number of carbonyl (C=O) groups excluding carboxylic acids is 1. The lowest BCUT2D eigenvalue weighted by Gasteiger charge is -2.10. The molecule has 0 aliphatic rings. The summed E-state index contributed by atoms with van der Waals surface area (Å²) in [5.74, 6) is -1.75. The zero-order valence-corrected chi connectivity index (χ0v) is 9.68. The van der Waals surface area contributed by atoms with Crippen LogP contribution in [0.2, 0.25) is 0 Å². The van der Waals surface area contributed by atoms with Crippen LogP contribution in [0.4, 0.5) is 17.6 Å². The third kappa shape index (κ3) is 4.01. The number of ketones is 1. The number of hydrogen-bond acceptors (Lipinski definition) is 2. The number of hydrogen-bond donors (Lipinski definition) is 0. The molecule has 0 unspecified atom stereocenters. The van der Waals surface area contributed by atoms with Gasteiger partial charge in [-0.15, -0.1) is 0 Å². The molecule has 0 heterocycles. The fourth-order valence-corrected chi connectivity index (χ4v) is 1.33. The van der Waals surface area contributed by atoms with E-state index in [9.17, 15) is 22.4 Å². The highest BCUT2D eigenvalue weighted by Gasteiger charge is 2.34. The zero-order chi connectivity index (χ0) is 13.8. The molecule has 18 heavy (non-hydrogen) atoms. The summed E-state index contributed by atoms with van der Waals surface area (Å²) in [6, 6.07) is 2.28. The van der Waals surface area contributed by atoms with E-state index in [1.54, 1.807) is 6.92 Å². The van der Waals surface area contributed by atoms with E-state index < -0.39 is 17.6 Å². The molecule has 0 aromatic heterocycles. The molecule has 1 aromatic carbocycles. The van der Waals surface area contributed by atoms with Crippen LogP contribution in [0.3, 0.4) is 0 Å². The smallest absolute Gasteiger partial charge is 0.419 e. The molecule has 0 aliphatic carbocycles. The maximum Gasteiger partial charge on any atom is 0.419 e. The van der Waals surface area contributed by atoms with E-state index >= 15 is 0 Å². The molecule has 0 radical (unpaired) electrons. The summed E-state index contributed by atoms with van der Waals surface area (Å²) in [5, 5.41) is 0. The number of alkyl halides is 3. The standard InChI is InChI=1S/C12H12F4O2/c1-2-3-8(17)7-18-9-4-5-11(13)10(6-9)12(14,15)16/h4-6H,2-3,7H2,1H3. The number of rotatable bonds is 5. The number of ether oxygens (including phenoxy) is 1. The van der Waals surface area contributed by atoms with Crippen LogP contribution >= 0.6 is 0 Å². The van der Waals surface area contributed by atoms with Crippen molar-refractivity contribution in [1.82, 2.24) is 0 Å². The second-order valence-electron chi connectivity index (χ2n) is 3.72. The lowest BCUT2D eigenvalue weighted by atomic mass is 10.2. The normalized spacial score (nSPS) is 11.4. The van der Waals surface area contributed by atoms with Crippen molar-refractivity contribution < 1.29 is 27.1 Å². The van der Waals surface area contributed by atoms with E-state index in [1.165, 1.54) is 0 Å². The summed E-state index contributed by atoms with van der Waals surface area (Å²) >= 11 is 0. The summed E-state index contributed by atoms with van der Waals surface area (Å²) in [7, 11) is 0. The van der Waals surface area contributed by atoms with Crippen molar-refractivity contribution in [2.75, 3.05) is 6.61 Å². The van der Waals surface area contributed by atoms with E-state index in [-0.39, 0.29) is 18.1 Å². The topological polar surface area (TPSA) is 26.3 Å². The molecule has 0 saturated heterocycles. The molecule has 0 bridgehead atoms.